The molecule has 0 spiro atoms. The minimum Gasteiger partial charge on any atom is -0.398 e. The van der Waals surface area contributed by atoms with Crippen molar-refractivity contribution in [2.45, 2.75) is 0 Å². The first-order chi connectivity index (χ1) is 15.3. The van der Waals surface area contributed by atoms with E-state index in [0.717, 1.165) is 17.9 Å². The molecular weight excluding hydrogens is 668 g/mol. The Kier molecular flexibility index (Phi) is 6.80. The number of pyridine rings is 2. The van der Waals surface area contributed by atoms with Crippen molar-refractivity contribution in [2.24, 2.45) is 0 Å². The first kappa shape index (κ1) is 23.1. The number of halogens is 4. The summed E-state index contributed by atoms with van der Waals surface area (Å²) in [5, 5.41) is 0. The van der Waals surface area contributed by atoms with E-state index >= 15 is 0 Å². The van der Waals surface area contributed by atoms with Gasteiger partial charge in [-0.3, -0.25) is 14.8 Å². The smallest absolute Gasteiger partial charge is 0.230 e. The van der Waals surface area contributed by atoms with E-state index in [1.165, 1.54) is 0 Å². The van der Waals surface area contributed by atoms with Crippen LogP contribution in [0.2, 0.25) is 0 Å². The maximum atomic E-state index is 13.7. The molecule has 2 aromatic carbocycles. The van der Waals surface area contributed by atoms with Crippen molar-refractivity contribution in [3.8, 4) is 22.3 Å². The number of nitrogens with two attached hydrogens (primary N) is 2. The van der Waals surface area contributed by atoms with Crippen molar-refractivity contribution in [1.82, 2.24) is 9.97 Å². The maximum absolute atomic E-state index is 13.7. The summed E-state index contributed by atoms with van der Waals surface area (Å²) in [5.74, 6) is -0.326. The minimum atomic E-state index is -0.326. The highest BCUT2D eigenvalue weighted by Crippen LogP contribution is 2.38. The van der Waals surface area contributed by atoms with E-state index in [0.29, 0.717) is 33.6 Å². The molecule has 2 heterocycles. The number of rotatable bonds is 4. The first-order valence-electron chi connectivity index (χ1n) is 9.22. The zero-order chi connectivity index (χ0) is 23.0. The zero-order valence-corrected chi connectivity index (χ0v) is 22.6. The van der Waals surface area contributed by atoms with Gasteiger partial charge in [0.25, 0.3) is 0 Å². The third kappa shape index (κ3) is 4.39. The van der Waals surface area contributed by atoms with E-state index < -0.39 is 0 Å². The molecule has 4 aromatic rings. The van der Waals surface area contributed by atoms with Crippen molar-refractivity contribution in [3.05, 3.63) is 90.2 Å². The standard InChI is InChI=1S/C23H14Br4N4O/c24-15-7-13(19(28)9-17(15)26)11-3-1-5-30-21(11)23(32)22-12(4-2-6-31-22)14-8-16(25)18(27)10-20(14)29/h1-10H,28-29H2. The number of hydrogen-bond acceptors (Lipinski definition) is 5. The summed E-state index contributed by atoms with van der Waals surface area (Å²) < 4.78 is 3.27. The molecule has 0 saturated heterocycles. The summed E-state index contributed by atoms with van der Waals surface area (Å²) in [7, 11) is 0. The third-order valence-electron chi connectivity index (χ3n) is 4.81. The van der Waals surface area contributed by atoms with Gasteiger partial charge in [0, 0.05) is 63.9 Å². The van der Waals surface area contributed by atoms with Gasteiger partial charge in [-0.25, -0.2) is 0 Å². The van der Waals surface area contributed by atoms with Crippen LogP contribution in [0.15, 0.2) is 78.8 Å². The molecule has 160 valence electrons. The molecule has 0 saturated carbocycles. The Hall–Kier alpha value is -2.07. The average Bonchev–Trinajstić information content (AvgIpc) is 2.78. The number of aromatic nitrogens is 2. The maximum Gasteiger partial charge on any atom is 0.230 e. The van der Waals surface area contributed by atoms with Gasteiger partial charge in [0.05, 0.1) is 0 Å². The molecule has 4 rings (SSSR count). The molecule has 5 nitrogen and oxygen atoms in total. The summed E-state index contributed by atoms with van der Waals surface area (Å²) in [6.45, 7) is 0. The second-order valence-corrected chi connectivity index (χ2v) is 10.3. The van der Waals surface area contributed by atoms with Gasteiger partial charge in [-0.1, -0.05) is 12.1 Å². The van der Waals surface area contributed by atoms with E-state index in [9.17, 15) is 4.79 Å². The molecule has 0 aliphatic carbocycles. The van der Waals surface area contributed by atoms with E-state index in [1.807, 2.05) is 24.3 Å². The topological polar surface area (TPSA) is 94.9 Å². The summed E-state index contributed by atoms with van der Waals surface area (Å²) in [4.78, 5) is 22.5. The summed E-state index contributed by atoms with van der Waals surface area (Å²) >= 11 is 13.9. The lowest BCUT2D eigenvalue weighted by Gasteiger charge is -2.14. The molecule has 0 amide bonds. The van der Waals surface area contributed by atoms with Gasteiger partial charge in [0.15, 0.2) is 0 Å². The van der Waals surface area contributed by atoms with Crippen molar-refractivity contribution < 1.29 is 4.79 Å². The second kappa shape index (κ2) is 9.43. The minimum absolute atomic E-state index is 0.253. The van der Waals surface area contributed by atoms with E-state index in [2.05, 4.69) is 73.7 Å². The molecule has 0 unspecified atom stereocenters. The van der Waals surface area contributed by atoms with Crippen molar-refractivity contribution in [1.29, 1.82) is 0 Å². The fraction of sp³-hybridized carbons (Fsp3) is 0. The second-order valence-electron chi connectivity index (χ2n) is 6.84. The van der Waals surface area contributed by atoms with Crippen LogP contribution >= 0.6 is 63.7 Å². The van der Waals surface area contributed by atoms with E-state index in [4.69, 9.17) is 11.5 Å². The number of carbonyl (C=O) groups is 1. The molecule has 32 heavy (non-hydrogen) atoms. The molecule has 0 aliphatic heterocycles. The molecule has 9 heteroatoms. The Morgan fingerprint density at radius 2 is 1.00 bits per heavy atom. The van der Waals surface area contributed by atoms with Crippen LogP contribution in [0.1, 0.15) is 16.2 Å². The molecule has 0 atom stereocenters. The molecule has 0 fully saturated rings. The molecule has 4 N–H and O–H groups in total. The van der Waals surface area contributed by atoms with Crippen LogP contribution in [0.4, 0.5) is 11.4 Å². The largest absolute Gasteiger partial charge is 0.398 e. The van der Waals surface area contributed by atoms with Gasteiger partial charge < -0.3 is 11.5 Å². The van der Waals surface area contributed by atoms with Crippen LogP contribution in [0, 0.1) is 0 Å². The number of anilines is 2. The van der Waals surface area contributed by atoms with Crippen LogP contribution in [0.25, 0.3) is 22.3 Å². The van der Waals surface area contributed by atoms with Crippen molar-refractivity contribution >= 4 is 80.9 Å². The number of ketones is 1. The number of hydrogen-bond donors (Lipinski definition) is 2. The number of benzene rings is 2. The molecule has 0 bridgehead atoms. The number of nitrogen functional groups attached to an aromatic ring is 2. The molecule has 2 aromatic heterocycles. The van der Waals surface area contributed by atoms with E-state index in [1.54, 1.807) is 36.7 Å². The Morgan fingerprint density at radius 3 is 1.41 bits per heavy atom. The number of carbonyl (C=O) groups excluding carboxylic acids is 1. The van der Waals surface area contributed by atoms with Crippen molar-refractivity contribution in [2.75, 3.05) is 11.5 Å². The first-order valence-corrected chi connectivity index (χ1v) is 12.4. The molecular formula is C23H14Br4N4O. The van der Waals surface area contributed by atoms with Crippen LogP contribution < -0.4 is 11.5 Å². The Labute approximate surface area is 218 Å². The summed E-state index contributed by atoms with van der Waals surface area (Å²) in [5.41, 5.74) is 16.7. The van der Waals surface area contributed by atoms with Crippen LogP contribution in [-0.2, 0) is 0 Å². The highest BCUT2D eigenvalue weighted by molar-refractivity contribution is 9.13. The fourth-order valence-corrected chi connectivity index (χ4v) is 4.72. The highest BCUT2D eigenvalue weighted by Gasteiger charge is 2.23. The summed E-state index contributed by atoms with van der Waals surface area (Å²) in [6, 6.07) is 14.5. The molecule has 0 radical (unpaired) electrons. The van der Waals surface area contributed by atoms with Gasteiger partial charge in [-0.15, -0.1) is 0 Å². The van der Waals surface area contributed by atoms with Crippen molar-refractivity contribution in [3.63, 3.8) is 0 Å². The highest BCUT2D eigenvalue weighted by atomic mass is 79.9. The third-order valence-corrected chi connectivity index (χ3v) is 8.50. The van der Waals surface area contributed by atoms with Gasteiger partial charge in [-0.2, -0.15) is 0 Å². The summed E-state index contributed by atoms with van der Waals surface area (Å²) in [6.07, 6.45) is 3.15. The van der Waals surface area contributed by atoms with E-state index in [-0.39, 0.29) is 17.2 Å². The predicted octanol–water partition coefficient (Wildman–Crippen LogP) is 7.26. The Morgan fingerprint density at radius 1 is 0.625 bits per heavy atom. The fourth-order valence-electron chi connectivity index (χ4n) is 3.31. The van der Waals surface area contributed by atoms with Crippen LogP contribution in [-0.4, -0.2) is 15.8 Å². The number of nitrogens with zero attached hydrogens (tertiary/aromatic N) is 2. The Balaban J connectivity index is 1.89. The monoisotopic (exact) mass is 678 g/mol. The van der Waals surface area contributed by atoms with Crippen LogP contribution in [0.5, 0.6) is 0 Å². The lowest BCUT2D eigenvalue weighted by Crippen LogP contribution is -2.11. The Bertz CT molecular complexity index is 1270. The lowest BCUT2D eigenvalue weighted by molar-refractivity contribution is 0.103. The predicted molar refractivity (Wildman–Crippen MR) is 142 cm³/mol. The van der Waals surface area contributed by atoms with Gasteiger partial charge >= 0.3 is 0 Å². The van der Waals surface area contributed by atoms with Crippen LogP contribution in [0.3, 0.4) is 0 Å². The quantitative estimate of drug-likeness (QED) is 0.175. The SMILES string of the molecule is Nc1cc(Br)c(Br)cc1-c1cccnc1C(=O)c1ncccc1-c1cc(Br)c(Br)cc1N. The average molecular weight is 682 g/mol. The zero-order valence-electron chi connectivity index (χ0n) is 16.2. The lowest BCUT2D eigenvalue weighted by atomic mass is 9.95. The molecule has 0 aliphatic rings. The van der Waals surface area contributed by atoms with Gasteiger partial charge in [-0.05, 0) is 100 Å². The van der Waals surface area contributed by atoms with Gasteiger partial charge in [0.1, 0.15) is 11.4 Å². The van der Waals surface area contributed by atoms with Gasteiger partial charge in [0.2, 0.25) is 5.78 Å². The normalized spacial score (nSPS) is 10.9.